The summed E-state index contributed by atoms with van der Waals surface area (Å²) in [5.41, 5.74) is 0. The first kappa shape index (κ1) is 11.3. The van der Waals surface area contributed by atoms with E-state index in [4.69, 9.17) is 11.6 Å². The van der Waals surface area contributed by atoms with Gasteiger partial charge in [0.05, 0.1) is 0 Å². The number of alkyl halides is 1. The molecule has 0 aromatic carbocycles. The highest BCUT2D eigenvalue weighted by atomic mass is 35.5. The van der Waals surface area contributed by atoms with E-state index < -0.39 is 0 Å². The van der Waals surface area contributed by atoms with E-state index in [1.165, 1.54) is 25.8 Å². The summed E-state index contributed by atoms with van der Waals surface area (Å²) in [5, 5.41) is 0. The number of rotatable bonds is 4. The molecule has 0 N–H and O–H groups in total. The first-order valence-corrected chi connectivity index (χ1v) is 6.05. The van der Waals surface area contributed by atoms with Crippen LogP contribution in [0.3, 0.4) is 0 Å². The van der Waals surface area contributed by atoms with E-state index >= 15 is 0 Å². The summed E-state index contributed by atoms with van der Waals surface area (Å²) in [7, 11) is 0. The summed E-state index contributed by atoms with van der Waals surface area (Å²) in [5.74, 6) is 1.59. The second kappa shape index (κ2) is 5.21. The molecule has 1 heterocycles. The molecule has 0 amide bonds. The smallest absolute Gasteiger partial charge is 0.0382 e. The van der Waals surface area contributed by atoms with Crippen molar-refractivity contribution < 1.29 is 0 Å². The second-order valence-electron chi connectivity index (χ2n) is 4.36. The molecule has 0 saturated carbocycles. The van der Waals surface area contributed by atoms with E-state index in [1.807, 2.05) is 0 Å². The summed E-state index contributed by atoms with van der Waals surface area (Å²) in [4.78, 5) is 2.60. The zero-order chi connectivity index (χ0) is 9.84. The molecule has 1 aliphatic rings. The Morgan fingerprint density at radius 1 is 1.54 bits per heavy atom. The minimum Gasteiger partial charge on any atom is -0.296 e. The summed E-state index contributed by atoms with van der Waals surface area (Å²) in [6.07, 6.45) is 3.91. The highest BCUT2D eigenvalue weighted by Crippen LogP contribution is 2.27. The van der Waals surface area contributed by atoms with Crippen LogP contribution in [0.15, 0.2) is 0 Å². The molecule has 1 saturated heterocycles. The van der Waals surface area contributed by atoms with Crippen LogP contribution in [0.1, 0.15) is 40.0 Å². The van der Waals surface area contributed by atoms with E-state index in [0.29, 0.717) is 6.04 Å². The Labute approximate surface area is 87.4 Å². The predicted octanol–water partition coefficient (Wildman–Crippen LogP) is 3.12. The number of halogens is 1. The van der Waals surface area contributed by atoms with Gasteiger partial charge in [-0.25, -0.2) is 0 Å². The fraction of sp³-hybridized carbons (Fsp3) is 1.00. The third-order valence-corrected chi connectivity index (χ3v) is 3.67. The lowest BCUT2D eigenvalue weighted by Gasteiger charge is -2.30. The SMILES string of the molecule is CCCC(C)N1CCC(C)C1CCl. The molecule has 1 aliphatic heterocycles. The molecular formula is C11H22ClN. The first-order valence-electron chi connectivity index (χ1n) is 5.52. The third kappa shape index (κ3) is 2.60. The van der Waals surface area contributed by atoms with Crippen LogP contribution >= 0.6 is 11.6 Å². The Balaban J connectivity index is 2.48. The van der Waals surface area contributed by atoms with E-state index in [-0.39, 0.29) is 0 Å². The van der Waals surface area contributed by atoms with Crippen molar-refractivity contribution in [1.29, 1.82) is 0 Å². The lowest BCUT2D eigenvalue weighted by molar-refractivity contribution is 0.180. The monoisotopic (exact) mass is 203 g/mol. The van der Waals surface area contributed by atoms with Crippen molar-refractivity contribution in [3.63, 3.8) is 0 Å². The van der Waals surface area contributed by atoms with Gasteiger partial charge in [0.25, 0.3) is 0 Å². The molecule has 0 radical (unpaired) electrons. The van der Waals surface area contributed by atoms with Gasteiger partial charge < -0.3 is 0 Å². The molecule has 0 aliphatic carbocycles. The van der Waals surface area contributed by atoms with E-state index in [1.54, 1.807) is 0 Å². The molecule has 13 heavy (non-hydrogen) atoms. The molecule has 3 atom stereocenters. The van der Waals surface area contributed by atoms with Gasteiger partial charge in [0.1, 0.15) is 0 Å². The molecular weight excluding hydrogens is 182 g/mol. The molecule has 2 heteroatoms. The van der Waals surface area contributed by atoms with Crippen molar-refractivity contribution in [1.82, 2.24) is 4.90 Å². The highest BCUT2D eigenvalue weighted by Gasteiger charge is 2.32. The van der Waals surface area contributed by atoms with Crippen LogP contribution in [0.2, 0.25) is 0 Å². The molecule has 0 aromatic heterocycles. The standard InChI is InChI=1S/C11H22ClN/c1-4-5-10(3)13-7-6-9(2)11(13)8-12/h9-11H,4-8H2,1-3H3. The minimum absolute atomic E-state index is 0.628. The molecule has 0 spiro atoms. The van der Waals surface area contributed by atoms with Crippen molar-refractivity contribution in [3.8, 4) is 0 Å². The van der Waals surface area contributed by atoms with Crippen molar-refractivity contribution in [2.45, 2.75) is 52.1 Å². The van der Waals surface area contributed by atoms with E-state index in [0.717, 1.165) is 17.8 Å². The average molecular weight is 204 g/mol. The number of hydrogen-bond donors (Lipinski definition) is 0. The lowest BCUT2D eigenvalue weighted by Crippen LogP contribution is -2.40. The number of nitrogens with zero attached hydrogens (tertiary/aromatic N) is 1. The third-order valence-electron chi connectivity index (χ3n) is 3.36. The summed E-state index contributed by atoms with van der Waals surface area (Å²) in [6, 6.07) is 1.35. The molecule has 0 aromatic rings. The minimum atomic E-state index is 0.628. The van der Waals surface area contributed by atoms with Gasteiger partial charge in [0.2, 0.25) is 0 Å². The Hall–Kier alpha value is 0.250. The van der Waals surface area contributed by atoms with Crippen molar-refractivity contribution in [2.24, 2.45) is 5.92 Å². The van der Waals surface area contributed by atoms with Crippen molar-refractivity contribution >= 4 is 11.6 Å². The number of hydrogen-bond acceptors (Lipinski definition) is 1. The maximum atomic E-state index is 6.00. The molecule has 1 nitrogen and oxygen atoms in total. The van der Waals surface area contributed by atoms with Crippen LogP contribution in [-0.4, -0.2) is 29.4 Å². The normalized spacial score (nSPS) is 32.3. The first-order chi connectivity index (χ1) is 6.20. The van der Waals surface area contributed by atoms with Crippen LogP contribution in [0.5, 0.6) is 0 Å². The Morgan fingerprint density at radius 3 is 2.77 bits per heavy atom. The van der Waals surface area contributed by atoms with Gasteiger partial charge in [-0.15, -0.1) is 11.6 Å². The largest absolute Gasteiger partial charge is 0.296 e. The second-order valence-corrected chi connectivity index (χ2v) is 4.67. The molecule has 1 rings (SSSR count). The van der Waals surface area contributed by atoms with Gasteiger partial charge in [-0.3, -0.25) is 4.90 Å². The summed E-state index contributed by atoms with van der Waals surface area (Å²) >= 11 is 6.00. The van der Waals surface area contributed by atoms with Gasteiger partial charge in [0.15, 0.2) is 0 Å². The van der Waals surface area contributed by atoms with Gasteiger partial charge in [-0.2, -0.15) is 0 Å². The maximum Gasteiger partial charge on any atom is 0.0382 e. The zero-order valence-electron chi connectivity index (χ0n) is 9.09. The fourth-order valence-corrected chi connectivity index (χ4v) is 2.89. The van der Waals surface area contributed by atoms with Crippen LogP contribution in [0.25, 0.3) is 0 Å². The van der Waals surface area contributed by atoms with Crippen molar-refractivity contribution in [2.75, 3.05) is 12.4 Å². The number of likely N-dealkylation sites (tertiary alicyclic amines) is 1. The predicted molar refractivity (Wildman–Crippen MR) is 59.4 cm³/mol. The van der Waals surface area contributed by atoms with Crippen LogP contribution < -0.4 is 0 Å². The molecule has 3 unspecified atom stereocenters. The Bertz CT molecular complexity index is 149. The summed E-state index contributed by atoms with van der Waals surface area (Å²) < 4.78 is 0. The van der Waals surface area contributed by atoms with Crippen LogP contribution in [-0.2, 0) is 0 Å². The van der Waals surface area contributed by atoms with Gasteiger partial charge in [-0.1, -0.05) is 20.3 Å². The molecule has 78 valence electrons. The molecule has 1 fully saturated rings. The maximum absolute atomic E-state index is 6.00. The Morgan fingerprint density at radius 2 is 2.23 bits per heavy atom. The van der Waals surface area contributed by atoms with Crippen LogP contribution in [0.4, 0.5) is 0 Å². The van der Waals surface area contributed by atoms with Gasteiger partial charge in [-0.05, 0) is 32.2 Å². The Kier molecular flexibility index (Phi) is 4.54. The van der Waals surface area contributed by atoms with Gasteiger partial charge in [0, 0.05) is 18.0 Å². The van der Waals surface area contributed by atoms with Crippen molar-refractivity contribution in [3.05, 3.63) is 0 Å². The summed E-state index contributed by atoms with van der Waals surface area (Å²) in [6.45, 7) is 8.16. The zero-order valence-corrected chi connectivity index (χ0v) is 9.85. The average Bonchev–Trinajstić information content (AvgIpc) is 2.47. The topological polar surface area (TPSA) is 3.24 Å². The molecule has 0 bridgehead atoms. The quantitative estimate of drug-likeness (QED) is 0.635. The van der Waals surface area contributed by atoms with E-state index in [9.17, 15) is 0 Å². The van der Waals surface area contributed by atoms with E-state index in [2.05, 4.69) is 25.7 Å². The van der Waals surface area contributed by atoms with Crippen LogP contribution in [0, 0.1) is 5.92 Å². The lowest BCUT2D eigenvalue weighted by atomic mass is 10.0. The highest BCUT2D eigenvalue weighted by molar-refractivity contribution is 6.18. The van der Waals surface area contributed by atoms with Gasteiger partial charge >= 0.3 is 0 Å². The fourth-order valence-electron chi connectivity index (χ4n) is 2.41.